The Morgan fingerprint density at radius 3 is 1.72 bits per heavy atom. The zero-order valence-electron chi connectivity index (χ0n) is 15.6. The summed E-state index contributed by atoms with van der Waals surface area (Å²) in [5.41, 5.74) is 0. The van der Waals surface area contributed by atoms with Crippen LogP contribution >= 0.6 is 23.2 Å². The van der Waals surface area contributed by atoms with Crippen LogP contribution in [0.15, 0.2) is 0 Å². The molecule has 0 radical (unpaired) electrons. The number of carbonyl (C=O) groups is 2. The van der Waals surface area contributed by atoms with Gasteiger partial charge in [0.25, 0.3) is 0 Å². The highest BCUT2D eigenvalue weighted by Gasteiger charge is 2.15. The molecule has 0 heterocycles. The third kappa shape index (κ3) is 16.7. The van der Waals surface area contributed by atoms with E-state index in [0.29, 0.717) is 12.5 Å². The Hall–Kier alpha value is -0.480. The Labute approximate surface area is 162 Å². The fraction of sp³-hybridized carbons (Fsp3) is 0.895. The molecule has 25 heavy (non-hydrogen) atoms. The summed E-state index contributed by atoms with van der Waals surface area (Å²) in [6.07, 6.45) is 10.8. The lowest BCUT2D eigenvalue weighted by Gasteiger charge is -2.17. The molecule has 0 N–H and O–H groups in total. The molecule has 0 aliphatic heterocycles. The molecule has 0 atom stereocenters. The second-order valence-electron chi connectivity index (χ2n) is 6.31. The first-order valence-electron chi connectivity index (χ1n) is 9.57. The van der Waals surface area contributed by atoms with Gasteiger partial charge < -0.3 is 9.47 Å². The van der Waals surface area contributed by atoms with Crippen LogP contribution in [0.25, 0.3) is 0 Å². The van der Waals surface area contributed by atoms with Gasteiger partial charge in [-0.05, 0) is 38.5 Å². The van der Waals surface area contributed by atoms with Gasteiger partial charge in [-0.3, -0.25) is 9.59 Å². The van der Waals surface area contributed by atoms with Crippen LogP contribution in [0.1, 0.15) is 77.6 Å². The molecule has 6 heteroatoms. The minimum atomic E-state index is -0.522. The topological polar surface area (TPSA) is 52.6 Å². The molecule has 0 aliphatic rings. The van der Waals surface area contributed by atoms with E-state index in [0.717, 1.165) is 76.0 Å². The van der Waals surface area contributed by atoms with E-state index in [4.69, 9.17) is 32.7 Å². The lowest BCUT2D eigenvalue weighted by atomic mass is 9.95. The molecule has 0 aromatic rings. The van der Waals surface area contributed by atoms with Crippen LogP contribution in [-0.4, -0.2) is 36.9 Å². The molecular formula is C19H34Cl2O4. The summed E-state index contributed by atoms with van der Waals surface area (Å²) in [5, 5.41) is 0. The molecule has 0 aromatic carbocycles. The molecular weight excluding hydrogens is 363 g/mol. The van der Waals surface area contributed by atoms with E-state index in [9.17, 15) is 9.59 Å². The van der Waals surface area contributed by atoms with Crippen molar-refractivity contribution < 1.29 is 19.1 Å². The molecule has 0 rings (SSSR count). The van der Waals surface area contributed by atoms with Crippen LogP contribution < -0.4 is 0 Å². The lowest BCUT2D eigenvalue weighted by molar-refractivity contribution is -0.155. The van der Waals surface area contributed by atoms with Gasteiger partial charge in [-0.1, -0.05) is 38.5 Å². The SMILES string of the molecule is CCOC(=O)CC(=O)OCC(CCCCCCCl)CCCCCCCl. The van der Waals surface area contributed by atoms with E-state index < -0.39 is 11.9 Å². The Balaban J connectivity index is 4.08. The van der Waals surface area contributed by atoms with E-state index in [1.165, 1.54) is 0 Å². The Kier molecular flexibility index (Phi) is 18.0. The molecule has 0 bridgehead atoms. The number of ether oxygens (including phenoxy) is 2. The molecule has 148 valence electrons. The first-order valence-corrected chi connectivity index (χ1v) is 10.6. The lowest BCUT2D eigenvalue weighted by Crippen LogP contribution is -2.18. The molecule has 0 saturated carbocycles. The van der Waals surface area contributed by atoms with Crippen LogP contribution in [0, 0.1) is 5.92 Å². The predicted octanol–water partition coefficient (Wildman–Crippen LogP) is 5.48. The van der Waals surface area contributed by atoms with E-state index >= 15 is 0 Å². The smallest absolute Gasteiger partial charge is 0.317 e. The molecule has 0 unspecified atom stereocenters. The number of halogens is 2. The highest BCUT2D eigenvalue weighted by molar-refractivity contribution is 6.18. The molecule has 0 aromatic heterocycles. The van der Waals surface area contributed by atoms with Gasteiger partial charge in [-0.2, -0.15) is 0 Å². The summed E-state index contributed by atoms with van der Waals surface area (Å²) in [4.78, 5) is 23.0. The van der Waals surface area contributed by atoms with Gasteiger partial charge in [0, 0.05) is 11.8 Å². The summed E-state index contributed by atoms with van der Waals surface area (Å²) in [6, 6.07) is 0. The summed E-state index contributed by atoms with van der Waals surface area (Å²) in [6.45, 7) is 2.39. The summed E-state index contributed by atoms with van der Waals surface area (Å²) >= 11 is 11.4. The number of esters is 2. The van der Waals surface area contributed by atoms with Crippen molar-refractivity contribution in [2.45, 2.75) is 77.6 Å². The number of hydrogen-bond acceptors (Lipinski definition) is 4. The number of hydrogen-bond donors (Lipinski definition) is 0. The molecule has 0 saturated heterocycles. The summed E-state index contributed by atoms with van der Waals surface area (Å²) in [7, 11) is 0. The van der Waals surface area contributed by atoms with Crippen molar-refractivity contribution in [1.82, 2.24) is 0 Å². The van der Waals surface area contributed by atoms with Crippen LogP contribution in [-0.2, 0) is 19.1 Å². The van der Waals surface area contributed by atoms with E-state index in [1.54, 1.807) is 6.92 Å². The van der Waals surface area contributed by atoms with Crippen molar-refractivity contribution in [3.63, 3.8) is 0 Å². The molecule has 0 fully saturated rings. The Morgan fingerprint density at radius 2 is 1.24 bits per heavy atom. The zero-order valence-corrected chi connectivity index (χ0v) is 17.1. The number of carbonyl (C=O) groups excluding carboxylic acids is 2. The van der Waals surface area contributed by atoms with Gasteiger partial charge in [0.05, 0.1) is 13.2 Å². The number of unbranched alkanes of at least 4 members (excludes halogenated alkanes) is 6. The van der Waals surface area contributed by atoms with E-state index in [2.05, 4.69) is 0 Å². The summed E-state index contributed by atoms with van der Waals surface area (Å²) in [5.74, 6) is 0.780. The highest BCUT2D eigenvalue weighted by atomic mass is 35.5. The van der Waals surface area contributed by atoms with Crippen molar-refractivity contribution in [2.24, 2.45) is 5.92 Å². The standard InChI is InChI=1S/C19H34Cl2O4/c1-2-24-18(22)15-19(23)25-16-17(11-7-3-5-9-13-20)12-8-4-6-10-14-21/h17H,2-16H2,1H3. The van der Waals surface area contributed by atoms with Gasteiger partial charge in [-0.15, -0.1) is 23.2 Å². The predicted molar refractivity (Wildman–Crippen MR) is 103 cm³/mol. The van der Waals surface area contributed by atoms with Crippen LogP contribution in [0.3, 0.4) is 0 Å². The maximum absolute atomic E-state index is 11.7. The first-order chi connectivity index (χ1) is 12.1. The molecule has 0 aliphatic carbocycles. The van der Waals surface area contributed by atoms with Gasteiger partial charge in [0.15, 0.2) is 0 Å². The summed E-state index contributed by atoms with van der Waals surface area (Å²) < 4.78 is 10.1. The van der Waals surface area contributed by atoms with Crippen molar-refractivity contribution in [2.75, 3.05) is 25.0 Å². The average Bonchev–Trinajstić information content (AvgIpc) is 2.58. The van der Waals surface area contributed by atoms with Gasteiger partial charge in [0.1, 0.15) is 6.42 Å². The van der Waals surface area contributed by atoms with Crippen LogP contribution in [0.2, 0.25) is 0 Å². The third-order valence-electron chi connectivity index (χ3n) is 4.07. The maximum atomic E-state index is 11.7. The second kappa shape index (κ2) is 18.3. The molecule has 0 amide bonds. The van der Waals surface area contributed by atoms with Gasteiger partial charge in [-0.25, -0.2) is 0 Å². The largest absolute Gasteiger partial charge is 0.466 e. The van der Waals surface area contributed by atoms with Crippen molar-refractivity contribution in [3.8, 4) is 0 Å². The quantitative estimate of drug-likeness (QED) is 0.141. The average molecular weight is 397 g/mol. The Bertz CT molecular complexity index is 323. The van der Waals surface area contributed by atoms with E-state index in [-0.39, 0.29) is 13.0 Å². The minimum Gasteiger partial charge on any atom is -0.466 e. The van der Waals surface area contributed by atoms with E-state index in [1.807, 2.05) is 0 Å². The first kappa shape index (κ1) is 24.5. The van der Waals surface area contributed by atoms with Crippen molar-refractivity contribution in [3.05, 3.63) is 0 Å². The number of alkyl halides is 2. The fourth-order valence-corrected chi connectivity index (χ4v) is 3.04. The fourth-order valence-electron chi connectivity index (χ4n) is 2.66. The van der Waals surface area contributed by atoms with Gasteiger partial charge in [0.2, 0.25) is 0 Å². The van der Waals surface area contributed by atoms with Gasteiger partial charge >= 0.3 is 11.9 Å². The Morgan fingerprint density at radius 1 is 0.760 bits per heavy atom. The normalized spacial score (nSPS) is 10.9. The molecule has 0 spiro atoms. The number of rotatable bonds is 17. The molecule has 4 nitrogen and oxygen atoms in total. The maximum Gasteiger partial charge on any atom is 0.317 e. The van der Waals surface area contributed by atoms with Crippen LogP contribution in [0.4, 0.5) is 0 Å². The second-order valence-corrected chi connectivity index (χ2v) is 7.07. The monoisotopic (exact) mass is 396 g/mol. The third-order valence-corrected chi connectivity index (χ3v) is 4.60. The van der Waals surface area contributed by atoms with Crippen molar-refractivity contribution in [1.29, 1.82) is 0 Å². The minimum absolute atomic E-state index is 0.277. The van der Waals surface area contributed by atoms with Crippen molar-refractivity contribution >= 4 is 35.1 Å². The van der Waals surface area contributed by atoms with Crippen LogP contribution in [0.5, 0.6) is 0 Å². The highest BCUT2D eigenvalue weighted by Crippen LogP contribution is 2.19. The zero-order chi connectivity index (χ0) is 18.8.